The largest absolute Gasteiger partial charge is 0.416 e. The van der Waals surface area contributed by atoms with Gasteiger partial charge in [0.05, 0.1) is 18.8 Å². The van der Waals surface area contributed by atoms with Crippen molar-refractivity contribution in [1.82, 2.24) is 4.90 Å². The van der Waals surface area contributed by atoms with E-state index in [0.29, 0.717) is 32.2 Å². The second kappa shape index (κ2) is 7.72. The highest BCUT2D eigenvalue weighted by atomic mass is 35.5. The summed E-state index contributed by atoms with van der Waals surface area (Å²) in [7, 11) is 1.89. The van der Waals surface area contributed by atoms with Crippen LogP contribution < -0.4 is 0 Å². The lowest BCUT2D eigenvalue weighted by molar-refractivity contribution is -0.137. The van der Waals surface area contributed by atoms with Gasteiger partial charge in [-0.05, 0) is 24.7 Å². The average molecular weight is 296 g/mol. The normalized spacial score (nSPS) is 12.1. The van der Waals surface area contributed by atoms with Crippen LogP contribution in [0.1, 0.15) is 11.1 Å². The number of alkyl halides is 4. The van der Waals surface area contributed by atoms with Crippen LogP contribution in [-0.4, -0.2) is 37.6 Å². The fourth-order valence-corrected chi connectivity index (χ4v) is 1.68. The van der Waals surface area contributed by atoms with Crippen LogP contribution in [0.25, 0.3) is 0 Å². The molecule has 1 aromatic rings. The Morgan fingerprint density at radius 2 is 1.79 bits per heavy atom. The van der Waals surface area contributed by atoms with Gasteiger partial charge in [0.25, 0.3) is 0 Å². The summed E-state index contributed by atoms with van der Waals surface area (Å²) in [4.78, 5) is 1.98. The van der Waals surface area contributed by atoms with Gasteiger partial charge in [0.2, 0.25) is 0 Å². The Hall–Kier alpha value is -0.780. The first-order valence-corrected chi connectivity index (χ1v) is 6.45. The quantitative estimate of drug-likeness (QED) is 0.565. The van der Waals surface area contributed by atoms with E-state index in [1.54, 1.807) is 0 Å². The van der Waals surface area contributed by atoms with E-state index < -0.39 is 11.7 Å². The van der Waals surface area contributed by atoms with Gasteiger partial charge in [0, 0.05) is 19.0 Å². The molecule has 0 amide bonds. The number of likely N-dealkylation sites (N-methyl/N-ethyl adjacent to an activating group) is 1. The van der Waals surface area contributed by atoms with Crippen LogP contribution in [0.3, 0.4) is 0 Å². The van der Waals surface area contributed by atoms with Gasteiger partial charge in [-0.15, -0.1) is 11.6 Å². The maximum absolute atomic E-state index is 12.4. The van der Waals surface area contributed by atoms with E-state index in [9.17, 15) is 13.2 Å². The molecule has 0 N–H and O–H groups in total. The van der Waals surface area contributed by atoms with Crippen molar-refractivity contribution < 1.29 is 17.9 Å². The molecule has 19 heavy (non-hydrogen) atoms. The monoisotopic (exact) mass is 295 g/mol. The molecular weight excluding hydrogens is 279 g/mol. The Morgan fingerprint density at radius 3 is 2.32 bits per heavy atom. The molecule has 0 fully saturated rings. The highest BCUT2D eigenvalue weighted by molar-refractivity contribution is 6.17. The van der Waals surface area contributed by atoms with Crippen molar-refractivity contribution in [2.75, 3.05) is 32.7 Å². The van der Waals surface area contributed by atoms with Gasteiger partial charge in [0.1, 0.15) is 0 Å². The van der Waals surface area contributed by atoms with E-state index in [0.717, 1.165) is 17.7 Å². The Kier molecular flexibility index (Phi) is 6.62. The number of nitrogens with zero attached hydrogens (tertiary/aromatic N) is 1. The molecule has 0 saturated heterocycles. The van der Waals surface area contributed by atoms with Crippen molar-refractivity contribution in [3.8, 4) is 0 Å². The molecule has 0 aromatic heterocycles. The summed E-state index contributed by atoms with van der Waals surface area (Å²) < 4.78 is 42.4. The van der Waals surface area contributed by atoms with Crippen LogP contribution in [0.15, 0.2) is 24.3 Å². The topological polar surface area (TPSA) is 12.5 Å². The molecule has 0 spiro atoms. The van der Waals surface area contributed by atoms with Crippen molar-refractivity contribution in [1.29, 1.82) is 0 Å². The third-order valence-corrected chi connectivity index (χ3v) is 2.73. The maximum atomic E-state index is 12.4. The van der Waals surface area contributed by atoms with Gasteiger partial charge in [-0.1, -0.05) is 12.1 Å². The predicted octanol–water partition coefficient (Wildman–Crippen LogP) is 3.39. The number of rotatable bonds is 7. The lowest BCUT2D eigenvalue weighted by Gasteiger charge is -2.17. The highest BCUT2D eigenvalue weighted by Gasteiger charge is 2.29. The van der Waals surface area contributed by atoms with Gasteiger partial charge in [0.15, 0.2) is 0 Å². The summed E-state index contributed by atoms with van der Waals surface area (Å²) in [6.07, 6.45) is -4.28. The zero-order valence-corrected chi connectivity index (χ0v) is 11.5. The molecule has 1 aromatic carbocycles. The van der Waals surface area contributed by atoms with Gasteiger partial charge < -0.3 is 4.74 Å². The highest BCUT2D eigenvalue weighted by Crippen LogP contribution is 2.29. The first-order chi connectivity index (χ1) is 8.93. The van der Waals surface area contributed by atoms with E-state index in [1.807, 2.05) is 11.9 Å². The van der Waals surface area contributed by atoms with Crippen molar-refractivity contribution >= 4 is 11.6 Å². The lowest BCUT2D eigenvalue weighted by Crippen LogP contribution is -2.23. The first kappa shape index (κ1) is 16.3. The van der Waals surface area contributed by atoms with Crippen LogP contribution in [0.2, 0.25) is 0 Å². The Labute approximate surface area is 116 Å². The van der Waals surface area contributed by atoms with Crippen molar-refractivity contribution in [3.05, 3.63) is 35.4 Å². The summed E-state index contributed by atoms with van der Waals surface area (Å²) in [5.41, 5.74) is 0.220. The Bertz CT molecular complexity index is 367. The minimum Gasteiger partial charge on any atom is -0.379 e. The first-order valence-electron chi connectivity index (χ1n) is 5.92. The molecule has 108 valence electrons. The average Bonchev–Trinajstić information content (AvgIpc) is 2.34. The second-order valence-corrected chi connectivity index (χ2v) is 4.61. The van der Waals surface area contributed by atoms with Crippen molar-refractivity contribution in [3.63, 3.8) is 0 Å². The molecule has 0 aliphatic rings. The van der Waals surface area contributed by atoms with Crippen LogP contribution in [0.5, 0.6) is 0 Å². The lowest BCUT2D eigenvalue weighted by atomic mass is 10.1. The molecule has 0 bridgehead atoms. The number of hydrogen-bond donors (Lipinski definition) is 0. The summed E-state index contributed by atoms with van der Waals surface area (Å²) in [5, 5.41) is 0. The van der Waals surface area contributed by atoms with Gasteiger partial charge in [-0.2, -0.15) is 13.2 Å². The molecular formula is C13H17ClF3NO. The van der Waals surface area contributed by atoms with Gasteiger partial charge in [-0.3, -0.25) is 4.90 Å². The molecule has 2 nitrogen and oxygen atoms in total. The van der Waals surface area contributed by atoms with E-state index in [2.05, 4.69) is 0 Å². The maximum Gasteiger partial charge on any atom is 0.416 e. The minimum absolute atomic E-state index is 0.461. The molecule has 0 radical (unpaired) electrons. The number of ether oxygens (including phenoxy) is 1. The van der Waals surface area contributed by atoms with Crippen LogP contribution in [-0.2, 0) is 17.5 Å². The third kappa shape index (κ3) is 6.27. The SMILES string of the molecule is CN(CCOCCCl)Cc1ccc(C(F)(F)F)cc1. The number of halogens is 4. The molecule has 0 heterocycles. The minimum atomic E-state index is -4.28. The van der Waals surface area contributed by atoms with Crippen molar-refractivity contribution in [2.24, 2.45) is 0 Å². The smallest absolute Gasteiger partial charge is 0.379 e. The van der Waals surface area contributed by atoms with Crippen LogP contribution in [0.4, 0.5) is 13.2 Å². The Morgan fingerprint density at radius 1 is 1.16 bits per heavy atom. The summed E-state index contributed by atoms with van der Waals surface area (Å²) >= 11 is 5.47. The number of benzene rings is 1. The predicted molar refractivity (Wildman–Crippen MR) is 69.3 cm³/mol. The molecule has 0 unspecified atom stereocenters. The van der Waals surface area contributed by atoms with E-state index >= 15 is 0 Å². The van der Waals surface area contributed by atoms with Gasteiger partial charge in [-0.25, -0.2) is 0 Å². The molecule has 6 heteroatoms. The molecule has 0 aliphatic carbocycles. The Balaban J connectivity index is 2.40. The zero-order chi connectivity index (χ0) is 14.3. The molecule has 0 atom stereocenters. The zero-order valence-electron chi connectivity index (χ0n) is 10.7. The molecule has 1 rings (SSSR count). The summed E-state index contributed by atoms with van der Waals surface area (Å²) in [6.45, 7) is 2.36. The van der Waals surface area contributed by atoms with Gasteiger partial charge >= 0.3 is 6.18 Å². The van der Waals surface area contributed by atoms with Crippen molar-refractivity contribution in [2.45, 2.75) is 12.7 Å². The van der Waals surface area contributed by atoms with Crippen LogP contribution >= 0.6 is 11.6 Å². The molecule has 0 aliphatic heterocycles. The number of hydrogen-bond acceptors (Lipinski definition) is 2. The van der Waals surface area contributed by atoms with Crippen LogP contribution in [0, 0.1) is 0 Å². The molecule has 0 saturated carbocycles. The summed E-state index contributed by atoms with van der Waals surface area (Å²) in [6, 6.07) is 5.21. The summed E-state index contributed by atoms with van der Waals surface area (Å²) in [5.74, 6) is 0.461. The van der Waals surface area contributed by atoms with E-state index in [4.69, 9.17) is 16.3 Å². The second-order valence-electron chi connectivity index (χ2n) is 4.23. The fourth-order valence-electron chi connectivity index (χ4n) is 1.57. The third-order valence-electron chi connectivity index (χ3n) is 2.57. The van der Waals surface area contributed by atoms with E-state index in [-0.39, 0.29) is 0 Å². The fraction of sp³-hybridized carbons (Fsp3) is 0.538. The van der Waals surface area contributed by atoms with E-state index in [1.165, 1.54) is 12.1 Å². The standard InChI is InChI=1S/C13H17ClF3NO/c1-18(7-9-19-8-6-14)10-11-2-4-12(5-3-11)13(15,16)17/h2-5H,6-10H2,1H3.